The molecule has 0 bridgehead atoms. The Morgan fingerprint density at radius 3 is 1.68 bits per heavy atom. The van der Waals surface area contributed by atoms with Gasteiger partial charge in [0.05, 0.1) is 0 Å². The third-order valence-corrected chi connectivity index (χ3v) is 5.36. The maximum Gasteiger partial charge on any atom is 0.238 e. The SMILES string of the molecule is CC(Oc1csc2ccccc12)Oc1csc2ccccc12. The standard InChI is InChI=1S/C18H14O2S2/c1-12(19-15-10-21-17-8-4-2-6-13(15)17)20-16-11-22-18-9-5-3-7-14(16)18/h2-12H,1H3. The summed E-state index contributed by atoms with van der Waals surface area (Å²) in [7, 11) is 0. The zero-order chi connectivity index (χ0) is 14.9. The van der Waals surface area contributed by atoms with E-state index in [0.717, 1.165) is 22.3 Å². The Bertz CT molecular complexity index is 847. The highest BCUT2D eigenvalue weighted by atomic mass is 32.1. The predicted molar refractivity (Wildman–Crippen MR) is 94.4 cm³/mol. The summed E-state index contributed by atoms with van der Waals surface area (Å²) in [4.78, 5) is 0. The molecule has 0 N–H and O–H groups in total. The van der Waals surface area contributed by atoms with E-state index in [1.54, 1.807) is 22.7 Å². The molecule has 4 aromatic rings. The summed E-state index contributed by atoms with van der Waals surface area (Å²) in [5, 5.41) is 6.35. The number of thiophene rings is 2. The molecule has 0 saturated carbocycles. The fourth-order valence-corrected chi connectivity index (χ4v) is 4.21. The van der Waals surface area contributed by atoms with Crippen LogP contribution in [0.25, 0.3) is 20.2 Å². The van der Waals surface area contributed by atoms with Crippen LogP contribution in [0.5, 0.6) is 11.5 Å². The van der Waals surface area contributed by atoms with Gasteiger partial charge in [-0.25, -0.2) is 0 Å². The van der Waals surface area contributed by atoms with Gasteiger partial charge < -0.3 is 9.47 Å². The largest absolute Gasteiger partial charge is 0.454 e. The van der Waals surface area contributed by atoms with Gasteiger partial charge >= 0.3 is 0 Å². The average Bonchev–Trinajstić information content (AvgIpc) is 3.13. The van der Waals surface area contributed by atoms with Crippen molar-refractivity contribution in [3.8, 4) is 11.5 Å². The van der Waals surface area contributed by atoms with Crippen molar-refractivity contribution >= 4 is 42.8 Å². The second-order valence-electron chi connectivity index (χ2n) is 5.00. The second kappa shape index (κ2) is 5.63. The van der Waals surface area contributed by atoms with Crippen molar-refractivity contribution in [2.75, 3.05) is 0 Å². The van der Waals surface area contributed by atoms with Gasteiger partial charge in [-0.3, -0.25) is 0 Å². The van der Waals surface area contributed by atoms with E-state index >= 15 is 0 Å². The van der Waals surface area contributed by atoms with E-state index < -0.39 is 0 Å². The maximum absolute atomic E-state index is 5.98. The van der Waals surface area contributed by atoms with Crippen LogP contribution < -0.4 is 9.47 Å². The van der Waals surface area contributed by atoms with Crippen molar-refractivity contribution < 1.29 is 9.47 Å². The summed E-state index contributed by atoms with van der Waals surface area (Å²) in [5.41, 5.74) is 0. The van der Waals surface area contributed by atoms with E-state index in [0.29, 0.717) is 0 Å². The van der Waals surface area contributed by atoms with Gasteiger partial charge in [0.15, 0.2) is 0 Å². The molecule has 110 valence electrons. The number of rotatable bonds is 4. The smallest absolute Gasteiger partial charge is 0.238 e. The van der Waals surface area contributed by atoms with Crippen LogP contribution in [0, 0.1) is 0 Å². The second-order valence-corrected chi connectivity index (χ2v) is 6.82. The molecule has 0 spiro atoms. The molecule has 2 aromatic heterocycles. The molecule has 0 atom stereocenters. The Morgan fingerprint density at radius 1 is 0.727 bits per heavy atom. The zero-order valence-corrected chi connectivity index (χ0v) is 13.6. The van der Waals surface area contributed by atoms with Crippen LogP contribution in [-0.4, -0.2) is 6.29 Å². The topological polar surface area (TPSA) is 18.5 Å². The van der Waals surface area contributed by atoms with Crippen molar-refractivity contribution in [3.05, 3.63) is 59.3 Å². The van der Waals surface area contributed by atoms with Crippen LogP contribution in [0.2, 0.25) is 0 Å². The van der Waals surface area contributed by atoms with Crippen molar-refractivity contribution in [2.45, 2.75) is 13.2 Å². The molecule has 4 rings (SSSR count). The lowest BCUT2D eigenvalue weighted by Gasteiger charge is -2.15. The van der Waals surface area contributed by atoms with E-state index in [-0.39, 0.29) is 6.29 Å². The minimum atomic E-state index is -0.337. The number of benzene rings is 2. The minimum absolute atomic E-state index is 0.337. The van der Waals surface area contributed by atoms with E-state index in [1.165, 1.54) is 9.40 Å². The highest BCUT2D eigenvalue weighted by molar-refractivity contribution is 7.17. The van der Waals surface area contributed by atoms with Crippen molar-refractivity contribution in [1.82, 2.24) is 0 Å². The van der Waals surface area contributed by atoms with Gasteiger partial charge in [-0.1, -0.05) is 24.3 Å². The van der Waals surface area contributed by atoms with Gasteiger partial charge in [-0.15, -0.1) is 22.7 Å². The Kier molecular flexibility index (Phi) is 3.48. The van der Waals surface area contributed by atoms with Gasteiger partial charge in [-0.2, -0.15) is 0 Å². The first-order chi connectivity index (χ1) is 10.8. The summed E-state index contributed by atoms with van der Waals surface area (Å²) in [6, 6.07) is 16.5. The molecule has 2 aromatic carbocycles. The van der Waals surface area contributed by atoms with E-state index in [2.05, 4.69) is 24.3 Å². The third kappa shape index (κ3) is 2.45. The molecule has 4 heteroatoms. The first kappa shape index (κ1) is 13.6. The van der Waals surface area contributed by atoms with Crippen LogP contribution in [0.3, 0.4) is 0 Å². The molecule has 0 aliphatic heterocycles. The molecule has 0 unspecified atom stereocenters. The Hall–Kier alpha value is -2.04. The van der Waals surface area contributed by atoms with E-state index in [9.17, 15) is 0 Å². The first-order valence-corrected chi connectivity index (χ1v) is 8.83. The number of hydrogen-bond acceptors (Lipinski definition) is 4. The summed E-state index contributed by atoms with van der Waals surface area (Å²) >= 11 is 3.38. The highest BCUT2D eigenvalue weighted by Crippen LogP contribution is 2.35. The van der Waals surface area contributed by atoms with E-state index in [4.69, 9.17) is 9.47 Å². The molecule has 0 radical (unpaired) electrons. The van der Waals surface area contributed by atoms with Crippen molar-refractivity contribution in [1.29, 1.82) is 0 Å². The summed E-state index contributed by atoms with van der Waals surface area (Å²) in [5.74, 6) is 1.76. The zero-order valence-electron chi connectivity index (χ0n) is 12.0. The third-order valence-electron chi connectivity index (χ3n) is 3.48. The molecule has 22 heavy (non-hydrogen) atoms. The van der Waals surface area contributed by atoms with Gasteiger partial charge in [-0.05, 0) is 24.3 Å². The van der Waals surface area contributed by atoms with Crippen LogP contribution >= 0.6 is 22.7 Å². The molecule has 0 amide bonds. The van der Waals surface area contributed by atoms with Crippen LogP contribution in [0.1, 0.15) is 6.92 Å². The molecule has 0 aliphatic carbocycles. The van der Waals surface area contributed by atoms with Crippen molar-refractivity contribution in [2.24, 2.45) is 0 Å². The highest BCUT2D eigenvalue weighted by Gasteiger charge is 2.12. The Labute approximate surface area is 136 Å². The fourth-order valence-electron chi connectivity index (χ4n) is 2.47. The lowest BCUT2D eigenvalue weighted by molar-refractivity contribution is 0.0254. The molecular weight excluding hydrogens is 312 g/mol. The molecule has 0 saturated heterocycles. The summed E-state index contributed by atoms with van der Waals surface area (Å²) in [6.45, 7) is 1.93. The monoisotopic (exact) mass is 326 g/mol. The van der Waals surface area contributed by atoms with Crippen LogP contribution in [0.4, 0.5) is 0 Å². The number of hydrogen-bond donors (Lipinski definition) is 0. The summed E-state index contributed by atoms with van der Waals surface area (Å²) in [6.07, 6.45) is -0.337. The summed E-state index contributed by atoms with van der Waals surface area (Å²) < 4.78 is 14.4. The van der Waals surface area contributed by atoms with Gasteiger partial charge in [0.25, 0.3) is 0 Å². The first-order valence-electron chi connectivity index (χ1n) is 7.07. The quantitative estimate of drug-likeness (QED) is 0.433. The number of ether oxygens (including phenoxy) is 2. The molecule has 0 fully saturated rings. The minimum Gasteiger partial charge on any atom is -0.454 e. The molecule has 2 heterocycles. The van der Waals surface area contributed by atoms with Gasteiger partial charge in [0.2, 0.25) is 6.29 Å². The predicted octanol–water partition coefficient (Wildman–Crippen LogP) is 5.92. The van der Waals surface area contributed by atoms with Crippen molar-refractivity contribution in [3.63, 3.8) is 0 Å². The van der Waals surface area contributed by atoms with Crippen LogP contribution in [0.15, 0.2) is 59.3 Å². The average molecular weight is 326 g/mol. The lowest BCUT2D eigenvalue weighted by atomic mass is 10.2. The maximum atomic E-state index is 5.98. The Morgan fingerprint density at radius 2 is 1.18 bits per heavy atom. The molecule has 0 aliphatic rings. The van der Waals surface area contributed by atoms with Gasteiger partial charge in [0, 0.05) is 37.9 Å². The Balaban J connectivity index is 1.56. The normalized spacial score (nSPS) is 11.4. The fraction of sp³-hybridized carbons (Fsp3) is 0.111. The number of fused-ring (bicyclic) bond motifs is 2. The molecule has 2 nitrogen and oxygen atoms in total. The van der Waals surface area contributed by atoms with Crippen LogP contribution in [-0.2, 0) is 0 Å². The van der Waals surface area contributed by atoms with E-state index in [1.807, 2.05) is 41.9 Å². The lowest BCUT2D eigenvalue weighted by Crippen LogP contribution is -2.19. The van der Waals surface area contributed by atoms with Gasteiger partial charge in [0.1, 0.15) is 11.5 Å². The molecular formula is C18H14O2S2.